The molecule has 0 aliphatic heterocycles. The van der Waals surface area contributed by atoms with Crippen molar-refractivity contribution >= 4 is 11.6 Å². The molecule has 1 aromatic heterocycles. The van der Waals surface area contributed by atoms with E-state index in [-0.39, 0.29) is 5.78 Å². The predicted octanol–water partition coefficient (Wildman–Crippen LogP) is 3.16. The molecule has 3 heteroatoms. The second-order valence-corrected chi connectivity index (χ2v) is 4.51. The van der Waals surface area contributed by atoms with Crippen LogP contribution in [0.15, 0.2) is 18.3 Å². The number of aromatic nitrogens is 1. The highest BCUT2D eigenvalue weighted by Crippen LogP contribution is 2.14. The smallest absolute Gasteiger partial charge is 0.161 e. The number of rotatable bonds is 6. The summed E-state index contributed by atoms with van der Waals surface area (Å²) in [5.41, 5.74) is 0.674. The monoisotopic (exact) mass is 234 g/mol. The van der Waals surface area contributed by atoms with Gasteiger partial charge in [0, 0.05) is 24.8 Å². The number of ketones is 1. The van der Waals surface area contributed by atoms with E-state index in [2.05, 4.69) is 30.7 Å². The lowest BCUT2D eigenvalue weighted by molar-refractivity contribution is 0.101. The Balaban J connectivity index is 2.78. The number of hydrogen-bond acceptors (Lipinski definition) is 3. The fourth-order valence-electron chi connectivity index (χ4n) is 1.67. The molecular formula is C14H22N2O. The summed E-state index contributed by atoms with van der Waals surface area (Å²) in [5.74, 6) is 1.68. The van der Waals surface area contributed by atoms with Crippen LogP contribution in [-0.4, -0.2) is 23.9 Å². The quantitative estimate of drug-likeness (QED) is 0.709. The maximum absolute atomic E-state index is 11.2. The summed E-state index contributed by atoms with van der Waals surface area (Å²) in [4.78, 5) is 17.8. The van der Waals surface area contributed by atoms with Crippen LogP contribution in [0, 0.1) is 5.92 Å². The van der Waals surface area contributed by atoms with Crippen molar-refractivity contribution in [1.29, 1.82) is 0 Å². The maximum Gasteiger partial charge on any atom is 0.161 e. The Morgan fingerprint density at radius 2 is 2.12 bits per heavy atom. The van der Waals surface area contributed by atoms with Crippen LogP contribution in [-0.2, 0) is 0 Å². The van der Waals surface area contributed by atoms with E-state index in [0.29, 0.717) is 11.5 Å². The number of pyridine rings is 1. The zero-order valence-electron chi connectivity index (χ0n) is 11.2. The third-order valence-corrected chi connectivity index (χ3v) is 3.09. The molecule has 0 radical (unpaired) electrons. The number of hydrogen-bond donors (Lipinski definition) is 0. The van der Waals surface area contributed by atoms with Crippen molar-refractivity contribution in [2.45, 2.75) is 34.1 Å². The Bertz CT molecular complexity index is 359. The second kappa shape index (κ2) is 6.38. The topological polar surface area (TPSA) is 33.2 Å². The number of Topliss-reactive ketones (excluding diaryl/α,β-unsaturated/α-hetero) is 1. The molecule has 94 valence electrons. The Morgan fingerprint density at radius 3 is 2.53 bits per heavy atom. The molecule has 0 aliphatic carbocycles. The van der Waals surface area contributed by atoms with Gasteiger partial charge >= 0.3 is 0 Å². The number of anilines is 1. The average Bonchev–Trinajstić information content (AvgIpc) is 2.35. The lowest BCUT2D eigenvalue weighted by Gasteiger charge is -2.25. The van der Waals surface area contributed by atoms with Gasteiger partial charge in [-0.3, -0.25) is 4.79 Å². The first-order valence-corrected chi connectivity index (χ1v) is 6.30. The highest BCUT2D eigenvalue weighted by atomic mass is 16.1. The van der Waals surface area contributed by atoms with E-state index in [0.717, 1.165) is 18.9 Å². The Morgan fingerprint density at radius 1 is 1.41 bits per heavy atom. The van der Waals surface area contributed by atoms with Crippen LogP contribution in [0.2, 0.25) is 0 Å². The first-order valence-electron chi connectivity index (χ1n) is 6.30. The SMILES string of the molecule is CCC(C)CN(CC)c1ccc(C(C)=O)cn1. The molecular weight excluding hydrogens is 212 g/mol. The van der Waals surface area contributed by atoms with Gasteiger partial charge < -0.3 is 4.90 Å². The van der Waals surface area contributed by atoms with E-state index < -0.39 is 0 Å². The Kier molecular flexibility index (Phi) is 5.13. The fourth-order valence-corrected chi connectivity index (χ4v) is 1.67. The molecule has 1 heterocycles. The number of carbonyl (C=O) groups excluding carboxylic acids is 1. The largest absolute Gasteiger partial charge is 0.357 e. The standard InChI is InChI=1S/C14H22N2O/c1-5-11(3)10-16(6-2)14-8-7-13(9-15-14)12(4)17/h7-9,11H,5-6,10H2,1-4H3. The van der Waals surface area contributed by atoms with Crippen molar-refractivity contribution in [1.82, 2.24) is 4.98 Å². The summed E-state index contributed by atoms with van der Waals surface area (Å²) in [6, 6.07) is 3.78. The fraction of sp³-hybridized carbons (Fsp3) is 0.571. The summed E-state index contributed by atoms with van der Waals surface area (Å²) >= 11 is 0. The molecule has 0 N–H and O–H groups in total. The van der Waals surface area contributed by atoms with Crippen LogP contribution in [0.25, 0.3) is 0 Å². The molecule has 3 nitrogen and oxygen atoms in total. The number of nitrogens with zero attached hydrogens (tertiary/aromatic N) is 2. The second-order valence-electron chi connectivity index (χ2n) is 4.51. The molecule has 0 aliphatic rings. The lowest BCUT2D eigenvalue weighted by Crippen LogP contribution is -2.28. The van der Waals surface area contributed by atoms with Crippen molar-refractivity contribution in [3.05, 3.63) is 23.9 Å². The summed E-state index contributed by atoms with van der Waals surface area (Å²) in [6.07, 6.45) is 2.83. The molecule has 17 heavy (non-hydrogen) atoms. The van der Waals surface area contributed by atoms with E-state index in [1.165, 1.54) is 6.42 Å². The predicted molar refractivity (Wildman–Crippen MR) is 71.6 cm³/mol. The molecule has 0 bridgehead atoms. The lowest BCUT2D eigenvalue weighted by atomic mass is 10.1. The van der Waals surface area contributed by atoms with E-state index in [1.807, 2.05) is 12.1 Å². The van der Waals surface area contributed by atoms with Gasteiger partial charge in [0.15, 0.2) is 5.78 Å². The molecule has 0 saturated carbocycles. The van der Waals surface area contributed by atoms with E-state index in [4.69, 9.17) is 0 Å². The molecule has 0 saturated heterocycles. The Hall–Kier alpha value is -1.38. The summed E-state index contributed by atoms with van der Waals surface area (Å²) in [7, 11) is 0. The van der Waals surface area contributed by atoms with E-state index in [9.17, 15) is 4.79 Å². The van der Waals surface area contributed by atoms with Gasteiger partial charge in [-0.2, -0.15) is 0 Å². The van der Waals surface area contributed by atoms with Crippen LogP contribution < -0.4 is 4.90 Å². The molecule has 1 unspecified atom stereocenters. The highest BCUT2D eigenvalue weighted by molar-refractivity contribution is 5.93. The molecule has 1 rings (SSSR count). The van der Waals surface area contributed by atoms with E-state index >= 15 is 0 Å². The summed E-state index contributed by atoms with van der Waals surface area (Å²) in [6.45, 7) is 10.1. The van der Waals surface area contributed by atoms with Crippen LogP contribution in [0.4, 0.5) is 5.82 Å². The van der Waals surface area contributed by atoms with Crippen molar-refractivity contribution < 1.29 is 4.79 Å². The minimum atomic E-state index is 0.0639. The molecule has 1 atom stereocenters. The van der Waals surface area contributed by atoms with E-state index in [1.54, 1.807) is 13.1 Å². The van der Waals surface area contributed by atoms with Gasteiger partial charge in [0.1, 0.15) is 5.82 Å². The minimum absolute atomic E-state index is 0.0639. The zero-order valence-corrected chi connectivity index (χ0v) is 11.2. The summed E-state index contributed by atoms with van der Waals surface area (Å²) < 4.78 is 0. The van der Waals surface area contributed by atoms with Crippen molar-refractivity contribution in [3.8, 4) is 0 Å². The molecule has 1 aromatic rings. The van der Waals surface area contributed by atoms with Gasteiger partial charge in [-0.05, 0) is 31.9 Å². The average molecular weight is 234 g/mol. The minimum Gasteiger partial charge on any atom is -0.357 e. The molecule has 0 fully saturated rings. The van der Waals surface area contributed by atoms with Gasteiger partial charge in [-0.1, -0.05) is 20.3 Å². The third kappa shape index (κ3) is 3.84. The maximum atomic E-state index is 11.2. The van der Waals surface area contributed by atoms with Gasteiger partial charge in [0.2, 0.25) is 0 Å². The van der Waals surface area contributed by atoms with Crippen LogP contribution in [0.3, 0.4) is 0 Å². The van der Waals surface area contributed by atoms with Crippen LogP contribution >= 0.6 is 0 Å². The third-order valence-electron chi connectivity index (χ3n) is 3.09. The van der Waals surface area contributed by atoms with Crippen molar-refractivity contribution in [3.63, 3.8) is 0 Å². The first-order chi connectivity index (χ1) is 8.08. The van der Waals surface area contributed by atoms with Crippen molar-refractivity contribution in [2.75, 3.05) is 18.0 Å². The van der Waals surface area contributed by atoms with Gasteiger partial charge in [-0.25, -0.2) is 4.98 Å². The normalized spacial score (nSPS) is 12.2. The number of carbonyl (C=O) groups is 1. The molecule has 0 spiro atoms. The zero-order chi connectivity index (χ0) is 12.8. The van der Waals surface area contributed by atoms with Gasteiger partial charge in [0.05, 0.1) is 0 Å². The molecule has 0 aromatic carbocycles. The van der Waals surface area contributed by atoms with Crippen LogP contribution in [0.5, 0.6) is 0 Å². The van der Waals surface area contributed by atoms with Gasteiger partial charge in [-0.15, -0.1) is 0 Å². The Labute approximate surface area is 104 Å². The highest BCUT2D eigenvalue weighted by Gasteiger charge is 2.09. The van der Waals surface area contributed by atoms with Gasteiger partial charge in [0.25, 0.3) is 0 Å². The summed E-state index contributed by atoms with van der Waals surface area (Å²) in [5, 5.41) is 0. The van der Waals surface area contributed by atoms with Crippen molar-refractivity contribution in [2.24, 2.45) is 5.92 Å². The van der Waals surface area contributed by atoms with Crippen LogP contribution in [0.1, 0.15) is 44.5 Å². The first kappa shape index (κ1) is 13.7. The molecule has 0 amide bonds.